The van der Waals surface area contributed by atoms with Gasteiger partial charge in [0.1, 0.15) is 34.4 Å². The first-order valence-corrected chi connectivity index (χ1v) is 27.7. The molecule has 5 aromatic rings. The summed E-state index contributed by atoms with van der Waals surface area (Å²) >= 11 is 2.85. The second-order valence-electron chi connectivity index (χ2n) is 19.4. The number of sulfone groups is 1. The number of carbonyl (C=O) groups excluding carboxylic acids is 4. The molecular weight excluding hydrogens is 1010 g/mol. The number of aliphatic hydroxyl groups excluding tert-OH is 1. The molecule has 2 saturated heterocycles. The minimum Gasteiger partial charge on any atom is -0.493 e. The maximum absolute atomic E-state index is 14.0. The van der Waals surface area contributed by atoms with Crippen molar-refractivity contribution in [2.75, 3.05) is 64.7 Å². The van der Waals surface area contributed by atoms with Gasteiger partial charge in [-0.3, -0.25) is 29.4 Å². The molecule has 0 radical (unpaired) electrons. The van der Waals surface area contributed by atoms with Crippen LogP contribution in [0.4, 0.5) is 0 Å². The number of β-amino-alcohol motifs (C(OH)–C–C–N with tert-alkyl or cyclic N) is 1. The van der Waals surface area contributed by atoms with Crippen LogP contribution in [-0.4, -0.2) is 146 Å². The largest absolute Gasteiger partial charge is 0.493 e. The first-order valence-electron chi connectivity index (χ1n) is 24.2. The highest BCUT2D eigenvalue weighted by atomic mass is 32.2. The fraction of sp³-hybridized carbons (Fsp3) is 0.471. The summed E-state index contributed by atoms with van der Waals surface area (Å²) < 4.78 is 48.4. The first-order chi connectivity index (χ1) is 35.2. The van der Waals surface area contributed by atoms with Crippen LogP contribution in [0.5, 0.6) is 11.5 Å². The van der Waals surface area contributed by atoms with Gasteiger partial charge in [0.05, 0.1) is 70.9 Å². The quantitative estimate of drug-likeness (QED) is 0.0349. The number of rotatable bonds is 21. The number of thiophene rings is 1. The van der Waals surface area contributed by atoms with E-state index in [-0.39, 0.29) is 88.0 Å². The molecule has 0 saturated carbocycles. The third-order valence-corrected chi connectivity index (χ3v) is 16.6. The summed E-state index contributed by atoms with van der Waals surface area (Å²) in [5.41, 5.74) is 5.11. The van der Waals surface area contributed by atoms with Crippen LogP contribution in [0.2, 0.25) is 0 Å². The van der Waals surface area contributed by atoms with E-state index in [0.717, 1.165) is 27.3 Å². The third kappa shape index (κ3) is 14.1. The zero-order valence-corrected chi connectivity index (χ0v) is 44.7. The maximum Gasteiger partial charge on any atom is 0.259 e. The summed E-state index contributed by atoms with van der Waals surface area (Å²) in [7, 11) is 0.0664. The first kappa shape index (κ1) is 55.5. The molecule has 0 unspecified atom stereocenters. The molecule has 74 heavy (non-hydrogen) atoms. The lowest BCUT2D eigenvalue weighted by atomic mass is 9.85. The van der Waals surface area contributed by atoms with Crippen LogP contribution in [0, 0.1) is 17.7 Å². The Balaban J connectivity index is 0.814. The Morgan fingerprint density at radius 1 is 0.946 bits per heavy atom. The number of pyridine rings is 1. The van der Waals surface area contributed by atoms with Crippen LogP contribution in [-0.2, 0) is 52.1 Å². The van der Waals surface area contributed by atoms with E-state index >= 15 is 0 Å². The van der Waals surface area contributed by atoms with E-state index < -0.39 is 57.1 Å². The molecule has 2 aliphatic rings. The van der Waals surface area contributed by atoms with Crippen molar-refractivity contribution in [2.45, 2.75) is 77.7 Å². The van der Waals surface area contributed by atoms with Crippen LogP contribution in [0.15, 0.2) is 65.0 Å². The van der Waals surface area contributed by atoms with E-state index in [0.29, 0.717) is 44.9 Å². The number of aromatic nitrogens is 2. The molecule has 7 rings (SSSR count). The van der Waals surface area contributed by atoms with Gasteiger partial charge in [-0.2, -0.15) is 0 Å². The topological polar surface area (TPSA) is 270 Å². The predicted octanol–water partition coefficient (Wildman–Crippen LogP) is 3.54. The number of amides is 4. The zero-order chi connectivity index (χ0) is 53.3. The van der Waals surface area contributed by atoms with Crippen LogP contribution in [0.3, 0.4) is 0 Å². The number of aryl methyl sites for hydroxylation is 2. The van der Waals surface area contributed by atoms with Gasteiger partial charge in [0.25, 0.3) is 11.5 Å². The number of hydrogen-bond acceptors (Lipinski definition) is 16. The molecule has 2 fully saturated rings. The van der Waals surface area contributed by atoms with Gasteiger partial charge in [0.15, 0.2) is 18.1 Å². The van der Waals surface area contributed by atoms with Gasteiger partial charge in [-0.1, -0.05) is 51.1 Å². The highest BCUT2D eigenvalue weighted by Gasteiger charge is 2.44. The number of ether oxygens (including phenoxy) is 4. The van der Waals surface area contributed by atoms with Crippen LogP contribution >= 0.6 is 22.7 Å². The van der Waals surface area contributed by atoms with E-state index in [1.807, 2.05) is 31.2 Å². The molecule has 23 heteroatoms. The summed E-state index contributed by atoms with van der Waals surface area (Å²) in [5.74, 6) is -0.905. The number of hydrogen-bond donors (Lipinski definition) is 6. The van der Waals surface area contributed by atoms with Crippen LogP contribution in [0.25, 0.3) is 31.7 Å². The lowest BCUT2D eigenvalue weighted by Gasteiger charge is -2.35. The number of nitrogens with zero attached hydrogens (tertiary/aromatic N) is 3. The van der Waals surface area contributed by atoms with Gasteiger partial charge >= 0.3 is 0 Å². The number of likely N-dealkylation sites (tertiary alicyclic amines) is 1. The Kier molecular flexibility index (Phi) is 18.3. The molecular formula is C51H64N8O12S3. The molecule has 398 valence electrons. The summed E-state index contributed by atoms with van der Waals surface area (Å²) in [4.78, 5) is 73.6. The van der Waals surface area contributed by atoms with Gasteiger partial charge in [0.2, 0.25) is 17.7 Å². The zero-order valence-electron chi connectivity index (χ0n) is 42.3. The van der Waals surface area contributed by atoms with Crippen molar-refractivity contribution in [3.05, 3.63) is 86.7 Å². The Hall–Kier alpha value is -6.24. The summed E-state index contributed by atoms with van der Waals surface area (Å²) in [6.07, 6.45) is 1.70. The van der Waals surface area contributed by atoms with Gasteiger partial charge in [-0.15, -0.1) is 22.7 Å². The minimum atomic E-state index is -3.05. The molecule has 3 aromatic heterocycles. The Bertz CT molecular complexity index is 3010. The number of carbonyl (C=O) groups is 4. The molecule has 2 aliphatic heterocycles. The van der Waals surface area contributed by atoms with Gasteiger partial charge in [-0.05, 0) is 60.1 Å². The Labute approximate surface area is 437 Å². The Morgan fingerprint density at radius 2 is 1.66 bits per heavy atom. The highest BCUT2D eigenvalue weighted by Crippen LogP contribution is 2.38. The summed E-state index contributed by atoms with van der Waals surface area (Å²) in [6.45, 7) is 7.34. The Morgan fingerprint density at radius 3 is 2.35 bits per heavy atom. The van der Waals surface area contributed by atoms with Crippen molar-refractivity contribution in [3.63, 3.8) is 0 Å². The number of nitrogens with one attached hydrogen (secondary N) is 5. The minimum absolute atomic E-state index is 0.0517. The number of aliphatic hydroxyl groups is 1. The molecule has 20 nitrogen and oxygen atoms in total. The summed E-state index contributed by atoms with van der Waals surface area (Å²) in [6, 6.07) is 12.6. The standard InChI is InChI=1S/C51H64N8O12S3/c1-30-44(72-29-55-30)32-9-7-31(8-10-32)24-54-48(63)38-22-35(60)25-59(38)50(65)46(51(2,3)4)57-43(62)27-70-18-17-69-16-15-53-42(61)28-71-39-12-11-33(21-40(39)68-6)37-26-58(5)49(64)36-23-41(73-45(36)37)47(52)56-34-13-19-74(66,67)20-14-34/h7-12,21,23,26,29,34-35,38,46,60H,13-20,22,24-25,27-28H2,1-6H3,(H2,52,56)(H,53,61)(H,54,63)(H,57,62)/t35-,38+,46-/m1/s1. The van der Waals surface area contributed by atoms with Crippen LogP contribution in [0.1, 0.15) is 56.2 Å². The molecule has 6 N–H and O–H groups in total. The molecule has 5 heterocycles. The van der Waals surface area contributed by atoms with E-state index in [1.165, 1.54) is 27.9 Å². The van der Waals surface area contributed by atoms with Gasteiger partial charge < -0.3 is 54.8 Å². The molecule has 3 atom stereocenters. The second kappa shape index (κ2) is 24.4. The van der Waals surface area contributed by atoms with Crippen molar-refractivity contribution >= 4 is 72.1 Å². The smallest absolute Gasteiger partial charge is 0.259 e. The fourth-order valence-electron chi connectivity index (χ4n) is 8.67. The lowest BCUT2D eigenvalue weighted by Crippen LogP contribution is -2.58. The van der Waals surface area contributed by atoms with E-state index in [2.05, 4.69) is 26.3 Å². The van der Waals surface area contributed by atoms with Gasteiger partial charge in [-0.25, -0.2) is 13.4 Å². The van der Waals surface area contributed by atoms with Crippen molar-refractivity contribution < 1.29 is 51.6 Å². The van der Waals surface area contributed by atoms with Crippen molar-refractivity contribution in [3.8, 4) is 33.1 Å². The number of amidine groups is 1. The fourth-order valence-corrected chi connectivity index (χ4v) is 12.1. The SMILES string of the molecule is COc1cc(-c2cn(C)c(=O)c3cc(C(=N)NC4CCS(=O)(=O)CC4)sc23)ccc1OCC(=O)NCCOCCOCC(=O)N[C@H](C(=O)N1C[C@H](O)C[C@H]1C(=O)NCc1ccc(-c2scnc2C)cc1)C(C)(C)C. The number of fused-ring (bicyclic) bond motifs is 1. The predicted molar refractivity (Wildman–Crippen MR) is 282 cm³/mol. The van der Waals surface area contributed by atoms with E-state index in [9.17, 15) is 37.5 Å². The van der Waals surface area contributed by atoms with Crippen molar-refractivity contribution in [2.24, 2.45) is 12.5 Å². The number of methoxy groups -OCH3 is 1. The number of thiazole rings is 1. The maximum atomic E-state index is 14.0. The van der Waals surface area contributed by atoms with Gasteiger partial charge in [0, 0.05) is 55.6 Å². The highest BCUT2D eigenvalue weighted by molar-refractivity contribution is 7.91. The third-order valence-electron chi connectivity index (χ3n) is 12.7. The van der Waals surface area contributed by atoms with E-state index in [1.54, 1.807) is 75.1 Å². The molecule has 4 amide bonds. The van der Waals surface area contributed by atoms with Crippen molar-refractivity contribution in [1.29, 1.82) is 5.41 Å². The molecule has 2 aromatic carbocycles. The average molecular weight is 1080 g/mol. The van der Waals surface area contributed by atoms with Crippen LogP contribution < -0.4 is 36.3 Å². The normalized spacial score (nSPS) is 17.1. The summed E-state index contributed by atoms with van der Waals surface area (Å²) in [5, 5.41) is 31.2. The number of benzene rings is 2. The molecule has 0 bridgehead atoms. The van der Waals surface area contributed by atoms with Crippen molar-refractivity contribution in [1.82, 2.24) is 35.7 Å². The molecule has 0 aliphatic carbocycles. The van der Waals surface area contributed by atoms with E-state index in [4.69, 9.17) is 24.4 Å². The second-order valence-corrected chi connectivity index (χ2v) is 23.6. The lowest BCUT2D eigenvalue weighted by molar-refractivity contribution is -0.144. The monoisotopic (exact) mass is 1080 g/mol. The molecule has 0 spiro atoms. The average Bonchev–Trinajstić information content (AvgIpc) is 4.12.